The number of hydrogen-bond acceptors (Lipinski definition) is 4. The molecule has 0 N–H and O–H groups in total. The van der Waals surface area contributed by atoms with Gasteiger partial charge >= 0.3 is 0 Å². The fourth-order valence-corrected chi connectivity index (χ4v) is 7.16. The smallest absolute Gasteiger partial charge is 0.201 e. The molecule has 0 radical (unpaired) electrons. The van der Waals surface area contributed by atoms with Gasteiger partial charge in [0.1, 0.15) is 0 Å². The molecule has 0 aromatic rings. The molecule has 1 aliphatic rings. The average Bonchev–Trinajstić information content (AvgIpc) is 2.33. The van der Waals surface area contributed by atoms with Gasteiger partial charge in [0, 0.05) is 26.4 Å². The predicted octanol–water partition coefficient (Wildman–Crippen LogP) is 2.25. The van der Waals surface area contributed by atoms with Crippen LogP contribution in [-0.4, -0.2) is 67.0 Å². The van der Waals surface area contributed by atoms with E-state index in [9.17, 15) is 0 Å². The first-order valence-corrected chi connectivity index (χ1v) is 14.0. The third-order valence-corrected chi connectivity index (χ3v) is 7.60. The van der Waals surface area contributed by atoms with Gasteiger partial charge in [0.05, 0.1) is 27.4 Å². The van der Waals surface area contributed by atoms with Crippen LogP contribution in [0, 0.1) is 0 Å². The second kappa shape index (κ2) is 8.65. The normalized spacial score (nSPS) is 25.1. The van der Waals surface area contributed by atoms with E-state index < -0.39 is 17.1 Å². The van der Waals surface area contributed by atoms with Crippen molar-refractivity contribution in [3.8, 4) is 0 Å². The number of rotatable bonds is 8. The van der Waals surface area contributed by atoms with Crippen LogP contribution in [0.2, 0.25) is 26.2 Å². The Kier molecular flexibility index (Phi) is 7.93. The molecular formula is C14H33NO3Si2. The van der Waals surface area contributed by atoms with Gasteiger partial charge in [0.25, 0.3) is 0 Å². The standard InChI is InChI=1S/C14H33NO3Si2/c1-7-8-9-17-11-13-10-15(12-20(5,6)18-13)14(16-2)19(3)4/h13-14,19H,7-12H2,1-6H3. The lowest BCUT2D eigenvalue weighted by molar-refractivity contribution is -0.0385. The SMILES string of the molecule is CCCCOCC1CN(C(OC)[SiH](C)C)C[Si](C)(C)O1. The molecule has 2 atom stereocenters. The summed E-state index contributed by atoms with van der Waals surface area (Å²) in [6.07, 6.45) is 3.61. The maximum Gasteiger partial charge on any atom is 0.201 e. The Morgan fingerprint density at radius 2 is 2.10 bits per heavy atom. The molecule has 0 spiro atoms. The molecule has 1 aliphatic heterocycles. The number of nitrogens with zero attached hydrogens (tertiary/aromatic N) is 1. The molecule has 0 bridgehead atoms. The highest BCUT2D eigenvalue weighted by molar-refractivity contribution is 6.71. The summed E-state index contributed by atoms with van der Waals surface area (Å²) in [5, 5.41) is 0. The molecule has 0 aromatic carbocycles. The molecule has 1 saturated heterocycles. The fraction of sp³-hybridized carbons (Fsp3) is 1.00. The monoisotopic (exact) mass is 319 g/mol. The van der Waals surface area contributed by atoms with Crippen LogP contribution < -0.4 is 0 Å². The van der Waals surface area contributed by atoms with Gasteiger partial charge in [-0.05, 0) is 19.5 Å². The van der Waals surface area contributed by atoms with Gasteiger partial charge in [-0.3, -0.25) is 4.90 Å². The molecule has 1 heterocycles. The third-order valence-electron chi connectivity index (χ3n) is 3.63. The Balaban J connectivity index is 2.55. The number of ether oxygens (including phenoxy) is 2. The molecular weight excluding hydrogens is 286 g/mol. The summed E-state index contributed by atoms with van der Waals surface area (Å²) in [7, 11) is -0.633. The molecule has 6 heteroatoms. The van der Waals surface area contributed by atoms with Crippen molar-refractivity contribution >= 4 is 17.1 Å². The van der Waals surface area contributed by atoms with Crippen LogP contribution in [0.25, 0.3) is 0 Å². The maximum atomic E-state index is 6.29. The second-order valence-electron chi connectivity index (χ2n) is 6.73. The van der Waals surface area contributed by atoms with Crippen LogP contribution in [0.15, 0.2) is 0 Å². The summed E-state index contributed by atoms with van der Waals surface area (Å²) in [5.41, 5.74) is 0. The minimum Gasteiger partial charge on any atom is -0.410 e. The summed E-state index contributed by atoms with van der Waals surface area (Å²) in [5.74, 6) is 0.323. The average molecular weight is 320 g/mol. The maximum absolute atomic E-state index is 6.29. The zero-order chi connectivity index (χ0) is 15.2. The predicted molar refractivity (Wildman–Crippen MR) is 89.3 cm³/mol. The molecule has 20 heavy (non-hydrogen) atoms. The second-order valence-corrected chi connectivity index (χ2v) is 13.9. The van der Waals surface area contributed by atoms with E-state index in [2.05, 4.69) is 38.0 Å². The molecule has 1 fully saturated rings. The fourth-order valence-electron chi connectivity index (χ4n) is 2.93. The molecule has 0 saturated carbocycles. The van der Waals surface area contributed by atoms with E-state index in [1.807, 2.05) is 7.11 Å². The first-order chi connectivity index (χ1) is 9.39. The molecule has 0 aliphatic carbocycles. The molecule has 4 nitrogen and oxygen atoms in total. The van der Waals surface area contributed by atoms with Gasteiger partial charge in [0.2, 0.25) is 8.32 Å². The number of methoxy groups -OCH3 is 1. The molecule has 0 aromatic heterocycles. The van der Waals surface area contributed by atoms with Gasteiger partial charge in [0.15, 0.2) is 0 Å². The summed E-state index contributed by atoms with van der Waals surface area (Å²) >= 11 is 0. The minimum absolute atomic E-state index is 0.215. The van der Waals surface area contributed by atoms with Crippen molar-refractivity contribution in [3.05, 3.63) is 0 Å². The number of unbranched alkanes of at least 4 members (excludes halogenated alkanes) is 1. The lowest BCUT2D eigenvalue weighted by Gasteiger charge is -2.45. The van der Waals surface area contributed by atoms with E-state index in [0.717, 1.165) is 32.3 Å². The van der Waals surface area contributed by atoms with E-state index in [1.54, 1.807) is 0 Å². The van der Waals surface area contributed by atoms with E-state index in [4.69, 9.17) is 13.9 Å². The topological polar surface area (TPSA) is 30.9 Å². The third kappa shape index (κ3) is 5.95. The Bertz CT molecular complexity index is 277. The van der Waals surface area contributed by atoms with Crippen LogP contribution in [0.3, 0.4) is 0 Å². The Morgan fingerprint density at radius 1 is 1.40 bits per heavy atom. The van der Waals surface area contributed by atoms with Crippen molar-refractivity contribution in [2.24, 2.45) is 0 Å². The highest BCUT2D eigenvalue weighted by Gasteiger charge is 2.39. The van der Waals surface area contributed by atoms with Gasteiger partial charge < -0.3 is 13.9 Å². The van der Waals surface area contributed by atoms with Gasteiger partial charge in [-0.25, -0.2) is 0 Å². The molecule has 2 unspecified atom stereocenters. The van der Waals surface area contributed by atoms with Gasteiger partial charge in [-0.15, -0.1) is 0 Å². The first kappa shape index (κ1) is 18.3. The Morgan fingerprint density at radius 3 is 2.65 bits per heavy atom. The van der Waals surface area contributed by atoms with Crippen LogP contribution >= 0.6 is 0 Å². The quantitative estimate of drug-likeness (QED) is 0.507. The largest absolute Gasteiger partial charge is 0.410 e. The van der Waals surface area contributed by atoms with E-state index in [0.29, 0.717) is 5.85 Å². The van der Waals surface area contributed by atoms with Crippen molar-refractivity contribution in [2.75, 3.05) is 33.0 Å². The van der Waals surface area contributed by atoms with Crippen molar-refractivity contribution in [2.45, 2.75) is 57.9 Å². The van der Waals surface area contributed by atoms with Crippen LogP contribution in [0.4, 0.5) is 0 Å². The van der Waals surface area contributed by atoms with E-state index >= 15 is 0 Å². The summed E-state index contributed by atoms with van der Waals surface area (Å²) in [4.78, 5) is 2.51. The van der Waals surface area contributed by atoms with Crippen LogP contribution in [-0.2, 0) is 13.9 Å². The van der Waals surface area contributed by atoms with Crippen molar-refractivity contribution in [3.63, 3.8) is 0 Å². The molecule has 1 rings (SSSR count). The number of hydrogen-bond donors (Lipinski definition) is 0. The first-order valence-electron chi connectivity index (χ1n) is 7.92. The van der Waals surface area contributed by atoms with Gasteiger partial charge in [-0.1, -0.05) is 26.4 Å². The van der Waals surface area contributed by atoms with Crippen molar-refractivity contribution in [1.29, 1.82) is 0 Å². The highest BCUT2D eigenvalue weighted by atomic mass is 28.4. The zero-order valence-electron chi connectivity index (χ0n) is 14.1. The van der Waals surface area contributed by atoms with Crippen LogP contribution in [0.1, 0.15) is 19.8 Å². The lowest BCUT2D eigenvalue weighted by atomic mass is 10.3. The summed E-state index contributed by atoms with van der Waals surface area (Å²) in [6.45, 7) is 14.0. The zero-order valence-corrected chi connectivity index (χ0v) is 16.3. The van der Waals surface area contributed by atoms with Crippen LogP contribution in [0.5, 0.6) is 0 Å². The lowest BCUT2D eigenvalue weighted by Crippen LogP contribution is -2.62. The Labute approximate surface area is 127 Å². The summed E-state index contributed by atoms with van der Waals surface area (Å²) < 4.78 is 17.8. The minimum atomic E-state index is -1.62. The Hall–Kier alpha value is 0.274. The van der Waals surface area contributed by atoms with Crippen molar-refractivity contribution in [1.82, 2.24) is 4.90 Å². The van der Waals surface area contributed by atoms with Crippen molar-refractivity contribution < 1.29 is 13.9 Å². The molecule has 0 amide bonds. The van der Waals surface area contributed by atoms with Gasteiger partial charge in [-0.2, -0.15) is 0 Å². The molecule has 120 valence electrons. The van der Waals surface area contributed by atoms with E-state index in [1.165, 1.54) is 6.42 Å². The highest BCUT2D eigenvalue weighted by Crippen LogP contribution is 2.21. The van der Waals surface area contributed by atoms with E-state index in [-0.39, 0.29) is 6.10 Å². The summed E-state index contributed by atoms with van der Waals surface area (Å²) in [6, 6.07) is 0.